The van der Waals surface area contributed by atoms with Crippen molar-refractivity contribution in [3.05, 3.63) is 46.9 Å². The van der Waals surface area contributed by atoms with Crippen LogP contribution in [0.5, 0.6) is 0 Å². The first kappa shape index (κ1) is 13.6. The van der Waals surface area contributed by atoms with E-state index in [2.05, 4.69) is 18.0 Å². The molecule has 1 atom stereocenters. The summed E-state index contributed by atoms with van der Waals surface area (Å²) < 4.78 is 13.2. The van der Waals surface area contributed by atoms with E-state index >= 15 is 0 Å². The Labute approximate surface area is 123 Å². The smallest absolute Gasteiger partial charge is 0.142 e. The SMILES string of the molecule is C[C@@H]1CCc2nc(N)c(C#N)c(-c3ccc(F)cc3)c2C1. The van der Waals surface area contributed by atoms with Crippen molar-refractivity contribution in [1.29, 1.82) is 5.26 Å². The average Bonchev–Trinajstić information content (AvgIpc) is 2.47. The van der Waals surface area contributed by atoms with Gasteiger partial charge >= 0.3 is 0 Å². The number of anilines is 1. The second-order valence-corrected chi connectivity index (χ2v) is 5.64. The Balaban J connectivity index is 2.28. The molecule has 1 heterocycles. The molecule has 1 aromatic carbocycles. The van der Waals surface area contributed by atoms with Crippen LogP contribution in [0.1, 0.15) is 30.2 Å². The third-order valence-electron chi connectivity index (χ3n) is 4.08. The Morgan fingerprint density at radius 1 is 1.33 bits per heavy atom. The molecule has 0 saturated carbocycles. The normalized spacial score (nSPS) is 17.1. The summed E-state index contributed by atoms with van der Waals surface area (Å²) in [4.78, 5) is 4.40. The second kappa shape index (κ2) is 5.17. The Kier molecular flexibility index (Phi) is 3.34. The number of hydrogen-bond donors (Lipinski definition) is 1. The predicted molar refractivity (Wildman–Crippen MR) is 79.9 cm³/mol. The van der Waals surface area contributed by atoms with Crippen LogP contribution in [0.25, 0.3) is 11.1 Å². The van der Waals surface area contributed by atoms with E-state index < -0.39 is 0 Å². The fourth-order valence-corrected chi connectivity index (χ4v) is 3.00. The van der Waals surface area contributed by atoms with E-state index in [0.29, 0.717) is 11.5 Å². The number of aromatic nitrogens is 1. The minimum Gasteiger partial charge on any atom is -0.383 e. The van der Waals surface area contributed by atoms with Crippen molar-refractivity contribution in [1.82, 2.24) is 4.98 Å². The van der Waals surface area contributed by atoms with E-state index in [-0.39, 0.29) is 11.6 Å². The maximum atomic E-state index is 13.2. The van der Waals surface area contributed by atoms with Crippen molar-refractivity contribution in [2.45, 2.75) is 26.2 Å². The number of rotatable bonds is 1. The number of aryl methyl sites for hydroxylation is 1. The molecular formula is C17H16FN3. The fourth-order valence-electron chi connectivity index (χ4n) is 3.00. The van der Waals surface area contributed by atoms with Gasteiger partial charge in [-0.2, -0.15) is 5.26 Å². The Morgan fingerprint density at radius 2 is 2.05 bits per heavy atom. The zero-order chi connectivity index (χ0) is 15.0. The van der Waals surface area contributed by atoms with Gasteiger partial charge in [-0.3, -0.25) is 0 Å². The molecule has 1 aliphatic carbocycles. The van der Waals surface area contributed by atoms with E-state index in [1.165, 1.54) is 12.1 Å². The number of fused-ring (bicyclic) bond motifs is 1. The van der Waals surface area contributed by atoms with E-state index in [9.17, 15) is 9.65 Å². The van der Waals surface area contributed by atoms with E-state index in [1.807, 2.05) is 0 Å². The minimum atomic E-state index is -0.290. The van der Waals surface area contributed by atoms with Gasteiger partial charge in [0.15, 0.2) is 0 Å². The summed E-state index contributed by atoms with van der Waals surface area (Å²) >= 11 is 0. The van der Waals surface area contributed by atoms with Crippen LogP contribution >= 0.6 is 0 Å². The van der Waals surface area contributed by atoms with Crippen LogP contribution in [0.15, 0.2) is 24.3 Å². The molecule has 0 amide bonds. The maximum Gasteiger partial charge on any atom is 0.142 e. The van der Waals surface area contributed by atoms with E-state index in [0.717, 1.165) is 41.6 Å². The Hall–Kier alpha value is -2.41. The van der Waals surface area contributed by atoms with Crippen LogP contribution in [0.2, 0.25) is 0 Å². The number of hydrogen-bond acceptors (Lipinski definition) is 3. The zero-order valence-electron chi connectivity index (χ0n) is 11.9. The van der Waals surface area contributed by atoms with Crippen LogP contribution < -0.4 is 5.73 Å². The van der Waals surface area contributed by atoms with Gasteiger partial charge in [0, 0.05) is 11.3 Å². The van der Waals surface area contributed by atoms with Gasteiger partial charge in [-0.15, -0.1) is 0 Å². The molecule has 2 N–H and O–H groups in total. The highest BCUT2D eigenvalue weighted by molar-refractivity contribution is 5.79. The van der Waals surface area contributed by atoms with Gasteiger partial charge < -0.3 is 5.73 Å². The summed E-state index contributed by atoms with van der Waals surface area (Å²) in [6.45, 7) is 2.19. The van der Waals surface area contributed by atoms with E-state index in [4.69, 9.17) is 5.73 Å². The third-order valence-corrected chi connectivity index (χ3v) is 4.08. The van der Waals surface area contributed by atoms with Gasteiger partial charge in [0.1, 0.15) is 23.3 Å². The summed E-state index contributed by atoms with van der Waals surface area (Å²) in [5.41, 5.74) is 10.1. The summed E-state index contributed by atoms with van der Waals surface area (Å²) in [6.07, 6.45) is 2.83. The highest BCUT2D eigenvalue weighted by Crippen LogP contribution is 2.37. The molecule has 1 aliphatic rings. The fraction of sp³-hybridized carbons (Fsp3) is 0.294. The minimum absolute atomic E-state index is 0.269. The Morgan fingerprint density at radius 3 is 2.71 bits per heavy atom. The molecule has 0 spiro atoms. The first-order chi connectivity index (χ1) is 10.1. The lowest BCUT2D eigenvalue weighted by Gasteiger charge is -2.25. The second-order valence-electron chi connectivity index (χ2n) is 5.64. The Bertz CT molecular complexity index is 729. The molecule has 1 aromatic heterocycles. The summed E-state index contributed by atoms with van der Waals surface area (Å²) in [7, 11) is 0. The van der Waals surface area contributed by atoms with Gasteiger partial charge in [0.25, 0.3) is 0 Å². The van der Waals surface area contributed by atoms with E-state index in [1.54, 1.807) is 12.1 Å². The molecule has 106 valence electrons. The molecular weight excluding hydrogens is 265 g/mol. The van der Waals surface area contributed by atoms with Gasteiger partial charge in [-0.1, -0.05) is 19.1 Å². The lowest BCUT2D eigenvalue weighted by Crippen LogP contribution is -2.16. The molecule has 3 nitrogen and oxygen atoms in total. The molecule has 3 rings (SSSR count). The van der Waals surface area contributed by atoms with Gasteiger partial charge in [0.2, 0.25) is 0 Å². The number of benzene rings is 1. The highest BCUT2D eigenvalue weighted by Gasteiger charge is 2.24. The largest absolute Gasteiger partial charge is 0.383 e. The molecule has 0 saturated heterocycles. The van der Waals surface area contributed by atoms with Crippen molar-refractivity contribution in [2.75, 3.05) is 5.73 Å². The number of nitrogen functional groups attached to an aromatic ring is 1. The average molecular weight is 281 g/mol. The molecule has 2 aromatic rings. The molecule has 0 unspecified atom stereocenters. The van der Waals surface area contributed by atoms with Crippen molar-refractivity contribution in [3.8, 4) is 17.2 Å². The molecule has 4 heteroatoms. The third kappa shape index (κ3) is 2.36. The van der Waals surface area contributed by atoms with Crippen LogP contribution in [0.3, 0.4) is 0 Å². The van der Waals surface area contributed by atoms with Crippen LogP contribution in [0.4, 0.5) is 10.2 Å². The van der Waals surface area contributed by atoms with Crippen LogP contribution in [-0.4, -0.2) is 4.98 Å². The van der Waals surface area contributed by atoms with Crippen molar-refractivity contribution < 1.29 is 4.39 Å². The topological polar surface area (TPSA) is 62.7 Å². The van der Waals surface area contributed by atoms with Crippen LogP contribution in [-0.2, 0) is 12.8 Å². The number of pyridine rings is 1. The molecule has 21 heavy (non-hydrogen) atoms. The zero-order valence-corrected chi connectivity index (χ0v) is 11.9. The number of nitrogens with zero attached hydrogens (tertiary/aromatic N) is 2. The number of halogens is 1. The van der Waals surface area contributed by atoms with Crippen molar-refractivity contribution in [2.24, 2.45) is 5.92 Å². The maximum absolute atomic E-state index is 13.2. The lowest BCUT2D eigenvalue weighted by atomic mass is 9.82. The summed E-state index contributed by atoms with van der Waals surface area (Å²) in [5, 5.41) is 9.44. The van der Waals surface area contributed by atoms with Crippen molar-refractivity contribution >= 4 is 5.82 Å². The highest BCUT2D eigenvalue weighted by atomic mass is 19.1. The number of nitriles is 1. The predicted octanol–water partition coefficient (Wildman–Crippen LogP) is 3.47. The first-order valence-electron chi connectivity index (χ1n) is 7.07. The van der Waals surface area contributed by atoms with Crippen molar-refractivity contribution in [3.63, 3.8) is 0 Å². The summed E-state index contributed by atoms with van der Waals surface area (Å²) in [6, 6.07) is 8.38. The van der Waals surface area contributed by atoms with Gasteiger partial charge in [-0.25, -0.2) is 9.37 Å². The quantitative estimate of drug-likeness (QED) is 0.870. The number of nitrogens with two attached hydrogens (primary N) is 1. The lowest BCUT2D eigenvalue weighted by molar-refractivity contribution is 0.495. The standard InChI is InChI=1S/C17H16FN3/c1-10-2-7-15-13(8-10)16(14(9-19)17(20)21-15)11-3-5-12(18)6-4-11/h3-6,10H,2,7-8H2,1H3,(H2,20,21)/t10-/m1/s1. The molecule has 0 fully saturated rings. The first-order valence-corrected chi connectivity index (χ1v) is 7.07. The summed E-state index contributed by atoms with van der Waals surface area (Å²) in [5.74, 6) is 0.528. The molecule has 0 radical (unpaired) electrons. The molecule has 0 aliphatic heterocycles. The van der Waals surface area contributed by atoms with Gasteiger partial charge in [0.05, 0.1) is 0 Å². The van der Waals surface area contributed by atoms with Gasteiger partial charge in [-0.05, 0) is 48.4 Å². The van der Waals surface area contributed by atoms with Crippen LogP contribution in [0, 0.1) is 23.1 Å². The monoisotopic (exact) mass is 281 g/mol. The molecule has 0 bridgehead atoms.